The molecule has 0 unspecified atom stereocenters. The van der Waals surface area contributed by atoms with Gasteiger partial charge >= 0.3 is 5.97 Å². The number of nitrogens with zero attached hydrogens (tertiary/aromatic N) is 2. The molecular formula is C17H19N3O4. The number of benzene rings is 1. The van der Waals surface area contributed by atoms with Gasteiger partial charge in [0.25, 0.3) is 0 Å². The molecule has 1 aromatic heterocycles. The van der Waals surface area contributed by atoms with Gasteiger partial charge in [0.05, 0.1) is 17.7 Å². The summed E-state index contributed by atoms with van der Waals surface area (Å²) in [6, 6.07) is 6.25. The zero-order valence-corrected chi connectivity index (χ0v) is 13.2. The molecule has 1 fully saturated rings. The van der Waals surface area contributed by atoms with E-state index in [9.17, 15) is 9.59 Å². The second-order valence-electron chi connectivity index (χ2n) is 6.03. The molecule has 1 aromatic carbocycles. The van der Waals surface area contributed by atoms with Gasteiger partial charge in [-0.25, -0.2) is 4.79 Å². The van der Waals surface area contributed by atoms with E-state index in [1.165, 1.54) is 31.7 Å². The Kier molecular flexibility index (Phi) is 4.88. The van der Waals surface area contributed by atoms with E-state index >= 15 is 0 Å². The highest BCUT2D eigenvalue weighted by molar-refractivity contribution is 6.00. The number of para-hydroxylation sites is 1. The fourth-order valence-corrected chi connectivity index (χ4v) is 3.02. The topological polar surface area (TPSA) is 105 Å². The fraction of sp³-hybridized carbons (Fsp3) is 0.412. The molecule has 2 N–H and O–H groups in total. The highest BCUT2D eigenvalue weighted by atomic mass is 16.5. The fourth-order valence-electron chi connectivity index (χ4n) is 3.02. The summed E-state index contributed by atoms with van der Waals surface area (Å²) in [7, 11) is 0. The standard InChI is InChI=1S/C17H19N3O4/c21-15(18-13-8-4-3-7-12(13)17(22)23)10-14-19-16(24-20-14)9-11-5-1-2-6-11/h3-4,7-8,11H,1-2,5-6,9-10H2,(H,18,21)(H,22,23). The van der Waals surface area contributed by atoms with Crippen LogP contribution >= 0.6 is 0 Å². The molecule has 0 aliphatic heterocycles. The number of aromatic nitrogens is 2. The zero-order chi connectivity index (χ0) is 16.9. The summed E-state index contributed by atoms with van der Waals surface area (Å²) in [5.74, 6) is -0.000244. The normalized spacial score (nSPS) is 14.7. The summed E-state index contributed by atoms with van der Waals surface area (Å²) >= 11 is 0. The summed E-state index contributed by atoms with van der Waals surface area (Å²) in [5, 5.41) is 15.5. The lowest BCUT2D eigenvalue weighted by atomic mass is 10.0. The minimum absolute atomic E-state index is 0.0425. The first-order valence-corrected chi connectivity index (χ1v) is 8.05. The maximum atomic E-state index is 12.1. The van der Waals surface area contributed by atoms with Gasteiger partial charge in [0.1, 0.15) is 0 Å². The largest absolute Gasteiger partial charge is 0.478 e. The van der Waals surface area contributed by atoms with Crippen molar-refractivity contribution in [1.29, 1.82) is 0 Å². The molecule has 126 valence electrons. The average molecular weight is 329 g/mol. The Morgan fingerprint density at radius 2 is 2.00 bits per heavy atom. The van der Waals surface area contributed by atoms with Crippen LogP contribution in [-0.4, -0.2) is 27.1 Å². The van der Waals surface area contributed by atoms with E-state index in [0.29, 0.717) is 17.6 Å². The van der Waals surface area contributed by atoms with Gasteiger partial charge in [0.2, 0.25) is 11.8 Å². The molecule has 1 heterocycles. The van der Waals surface area contributed by atoms with Crippen LogP contribution in [0.4, 0.5) is 5.69 Å². The van der Waals surface area contributed by atoms with E-state index in [2.05, 4.69) is 15.5 Å². The molecule has 1 aliphatic rings. The summed E-state index contributed by atoms with van der Waals surface area (Å²) in [6.45, 7) is 0. The van der Waals surface area contributed by atoms with Crippen LogP contribution in [0.1, 0.15) is 47.8 Å². The van der Waals surface area contributed by atoms with E-state index in [1.807, 2.05) is 0 Å². The van der Waals surface area contributed by atoms with Crippen LogP contribution in [0.25, 0.3) is 0 Å². The van der Waals surface area contributed by atoms with Gasteiger partial charge in [-0.1, -0.05) is 30.1 Å². The Labute approximate surface area is 139 Å². The van der Waals surface area contributed by atoms with Crippen molar-refractivity contribution in [3.05, 3.63) is 41.5 Å². The van der Waals surface area contributed by atoms with Gasteiger partial charge in [-0.2, -0.15) is 4.98 Å². The second-order valence-corrected chi connectivity index (χ2v) is 6.03. The smallest absolute Gasteiger partial charge is 0.337 e. The minimum atomic E-state index is -1.09. The van der Waals surface area contributed by atoms with Crippen molar-refractivity contribution in [3.8, 4) is 0 Å². The lowest BCUT2D eigenvalue weighted by molar-refractivity contribution is -0.115. The van der Waals surface area contributed by atoms with Crippen molar-refractivity contribution in [2.75, 3.05) is 5.32 Å². The van der Waals surface area contributed by atoms with E-state index in [-0.39, 0.29) is 23.6 Å². The monoisotopic (exact) mass is 329 g/mol. The van der Waals surface area contributed by atoms with Gasteiger partial charge in [0, 0.05) is 6.42 Å². The lowest BCUT2D eigenvalue weighted by Crippen LogP contribution is -2.17. The number of rotatable bonds is 6. The molecule has 1 aliphatic carbocycles. The number of hydrogen-bond acceptors (Lipinski definition) is 5. The minimum Gasteiger partial charge on any atom is -0.478 e. The number of carboxylic acid groups (broad SMARTS) is 1. The van der Waals surface area contributed by atoms with Crippen LogP contribution in [0.15, 0.2) is 28.8 Å². The predicted octanol–water partition coefficient (Wildman–Crippen LogP) is 2.68. The highest BCUT2D eigenvalue weighted by Gasteiger charge is 2.20. The molecule has 0 radical (unpaired) electrons. The number of nitrogens with one attached hydrogen (secondary N) is 1. The van der Waals surface area contributed by atoms with Crippen LogP contribution in [-0.2, 0) is 17.6 Å². The molecule has 0 saturated heterocycles. The van der Waals surface area contributed by atoms with E-state index in [4.69, 9.17) is 9.63 Å². The molecule has 1 saturated carbocycles. The number of carbonyl (C=O) groups is 2. The summed E-state index contributed by atoms with van der Waals surface area (Å²) < 4.78 is 5.20. The van der Waals surface area contributed by atoms with Crippen molar-refractivity contribution in [2.24, 2.45) is 5.92 Å². The number of carboxylic acids is 1. The molecular weight excluding hydrogens is 310 g/mol. The van der Waals surface area contributed by atoms with E-state index in [0.717, 1.165) is 6.42 Å². The van der Waals surface area contributed by atoms with E-state index < -0.39 is 5.97 Å². The molecule has 3 rings (SSSR count). The molecule has 7 nitrogen and oxygen atoms in total. The van der Waals surface area contributed by atoms with Crippen molar-refractivity contribution in [1.82, 2.24) is 10.1 Å². The van der Waals surface area contributed by atoms with Gasteiger partial charge < -0.3 is 14.9 Å². The first-order chi connectivity index (χ1) is 11.6. The quantitative estimate of drug-likeness (QED) is 0.844. The maximum absolute atomic E-state index is 12.1. The third-order valence-corrected chi connectivity index (χ3v) is 4.20. The highest BCUT2D eigenvalue weighted by Crippen LogP contribution is 2.27. The zero-order valence-electron chi connectivity index (χ0n) is 13.2. The number of carbonyl (C=O) groups excluding carboxylic acids is 1. The number of hydrogen-bond donors (Lipinski definition) is 2. The average Bonchev–Trinajstić information content (AvgIpc) is 3.20. The van der Waals surface area contributed by atoms with Crippen LogP contribution in [0.5, 0.6) is 0 Å². The summed E-state index contributed by atoms with van der Waals surface area (Å²) in [5.41, 5.74) is 0.297. The van der Waals surface area contributed by atoms with Gasteiger partial charge in [-0.3, -0.25) is 4.79 Å². The third kappa shape index (κ3) is 3.98. The van der Waals surface area contributed by atoms with Crippen molar-refractivity contribution in [3.63, 3.8) is 0 Å². The molecule has 2 aromatic rings. The third-order valence-electron chi connectivity index (χ3n) is 4.20. The second kappa shape index (κ2) is 7.25. The van der Waals surface area contributed by atoms with Crippen LogP contribution < -0.4 is 5.32 Å². The Morgan fingerprint density at radius 1 is 1.25 bits per heavy atom. The SMILES string of the molecule is O=C(Cc1noc(CC2CCCC2)n1)Nc1ccccc1C(=O)O. The van der Waals surface area contributed by atoms with Gasteiger partial charge in [-0.05, 0) is 30.9 Å². The molecule has 0 atom stereocenters. The van der Waals surface area contributed by atoms with Crippen molar-refractivity contribution in [2.45, 2.75) is 38.5 Å². The van der Waals surface area contributed by atoms with Crippen LogP contribution in [0, 0.1) is 5.92 Å². The maximum Gasteiger partial charge on any atom is 0.337 e. The first kappa shape index (κ1) is 16.2. The van der Waals surface area contributed by atoms with Gasteiger partial charge in [-0.15, -0.1) is 0 Å². The Morgan fingerprint density at radius 3 is 2.75 bits per heavy atom. The van der Waals surface area contributed by atoms with E-state index in [1.54, 1.807) is 18.2 Å². The molecule has 1 amide bonds. The van der Waals surface area contributed by atoms with Crippen LogP contribution in [0.3, 0.4) is 0 Å². The van der Waals surface area contributed by atoms with Crippen molar-refractivity contribution >= 4 is 17.6 Å². The first-order valence-electron chi connectivity index (χ1n) is 8.05. The van der Waals surface area contributed by atoms with Crippen LogP contribution in [0.2, 0.25) is 0 Å². The molecule has 0 bridgehead atoms. The molecule has 0 spiro atoms. The summed E-state index contributed by atoms with van der Waals surface area (Å²) in [4.78, 5) is 27.5. The van der Waals surface area contributed by atoms with Crippen molar-refractivity contribution < 1.29 is 19.2 Å². The number of anilines is 1. The number of aromatic carboxylic acids is 1. The summed E-state index contributed by atoms with van der Waals surface area (Å²) in [6.07, 6.45) is 5.57. The predicted molar refractivity (Wildman–Crippen MR) is 85.7 cm³/mol. The molecule has 24 heavy (non-hydrogen) atoms. The number of amides is 1. The Bertz CT molecular complexity index is 735. The molecule has 7 heteroatoms. The Balaban J connectivity index is 1.59. The lowest BCUT2D eigenvalue weighted by Gasteiger charge is -2.06. The van der Waals surface area contributed by atoms with Gasteiger partial charge in [0.15, 0.2) is 5.82 Å². The Hall–Kier alpha value is -2.70.